The average Bonchev–Trinajstić information content (AvgIpc) is 1.68. The van der Waals surface area contributed by atoms with Crippen LogP contribution in [0.3, 0.4) is 0 Å². The van der Waals surface area contributed by atoms with Gasteiger partial charge in [0.15, 0.2) is 0 Å². The topological polar surface area (TPSA) is 14.0 Å². The Morgan fingerprint density at radius 2 is 2.00 bits per heavy atom. The molecule has 1 N–H and O–H groups in total. The smallest absolute Gasteiger partial charge is 0.147 e. The molecule has 0 heterocycles. The van der Waals surface area contributed by atoms with E-state index in [4.69, 9.17) is 0 Å². The van der Waals surface area contributed by atoms with E-state index in [9.17, 15) is 0 Å². The van der Waals surface area contributed by atoms with Crippen LogP contribution in [0.2, 0.25) is 0 Å². The Hall–Kier alpha value is -0.330. The van der Waals surface area contributed by atoms with Crippen LogP contribution in [-0.2, 0) is 0 Å². The lowest BCUT2D eigenvalue weighted by molar-refractivity contribution is -0.454. The van der Waals surface area contributed by atoms with E-state index in [1.807, 2.05) is 0 Å². The van der Waals surface area contributed by atoms with E-state index in [1.165, 1.54) is 5.71 Å². The minimum Gasteiger partial charge on any atom is -0.250 e. The summed E-state index contributed by atoms with van der Waals surface area (Å²) in [7, 11) is 0. The monoisotopic (exact) mass is 100 g/mol. The molecule has 0 aliphatic heterocycles. The van der Waals surface area contributed by atoms with Gasteiger partial charge in [0, 0.05) is 13.3 Å². The molecule has 0 spiro atoms. The fraction of sp³-hybridized carbons (Fsp3) is 0.833. The van der Waals surface area contributed by atoms with Gasteiger partial charge in [-0.15, -0.1) is 0 Å². The zero-order valence-electron chi connectivity index (χ0n) is 5.41. The molecule has 1 nitrogen and oxygen atoms in total. The zero-order chi connectivity index (χ0) is 5.70. The summed E-state index contributed by atoms with van der Waals surface area (Å²) in [6.45, 7) is 7.43. The number of hydrogen-bond donors (Lipinski definition) is 1. The van der Waals surface area contributed by atoms with Crippen molar-refractivity contribution in [2.75, 3.05) is 6.54 Å². The number of rotatable bonds is 2. The van der Waals surface area contributed by atoms with Crippen LogP contribution in [0.4, 0.5) is 0 Å². The molecule has 0 aromatic carbocycles. The molecule has 0 fully saturated rings. The molecule has 7 heavy (non-hydrogen) atoms. The maximum atomic E-state index is 3.21. The van der Waals surface area contributed by atoms with Gasteiger partial charge >= 0.3 is 0 Å². The van der Waals surface area contributed by atoms with E-state index in [1.54, 1.807) is 0 Å². The molecule has 0 atom stereocenters. The first-order valence-corrected chi connectivity index (χ1v) is 2.87. The van der Waals surface area contributed by atoms with Gasteiger partial charge in [-0.1, -0.05) is 6.92 Å². The van der Waals surface area contributed by atoms with Crippen molar-refractivity contribution in [3.8, 4) is 0 Å². The molecule has 0 aliphatic rings. The molecule has 0 bridgehead atoms. The maximum absolute atomic E-state index is 3.21. The fourth-order valence-corrected chi connectivity index (χ4v) is 0.427. The molecule has 0 aromatic rings. The Balaban J connectivity index is 3.29. The van der Waals surface area contributed by atoms with Crippen molar-refractivity contribution in [1.82, 2.24) is 0 Å². The second-order valence-electron chi connectivity index (χ2n) is 1.66. The van der Waals surface area contributed by atoms with E-state index >= 15 is 0 Å². The van der Waals surface area contributed by atoms with Crippen LogP contribution in [0.15, 0.2) is 0 Å². The predicted octanol–water partition coefficient (Wildman–Crippen LogP) is -0.0422. The Morgan fingerprint density at radius 1 is 1.43 bits per heavy atom. The van der Waals surface area contributed by atoms with Crippen LogP contribution in [0.5, 0.6) is 0 Å². The van der Waals surface area contributed by atoms with E-state index < -0.39 is 0 Å². The summed E-state index contributed by atoms with van der Waals surface area (Å²) in [6, 6.07) is 0. The molecule has 0 aromatic heterocycles. The highest BCUT2D eigenvalue weighted by molar-refractivity contribution is 5.75. The van der Waals surface area contributed by atoms with Gasteiger partial charge in [-0.2, -0.15) is 0 Å². The van der Waals surface area contributed by atoms with Gasteiger partial charge in [0.05, 0.1) is 0 Å². The number of hydrogen-bond acceptors (Lipinski definition) is 0. The Kier molecular flexibility index (Phi) is 3.67. The highest BCUT2D eigenvalue weighted by atomic mass is 14.7. The standard InChI is InChI=1S/C6H13N/c1-4-6(3)7-5-2/h4-5H2,1-3H3/p+1. The second-order valence-corrected chi connectivity index (χ2v) is 1.66. The average molecular weight is 100 g/mol. The molecule has 0 amide bonds. The van der Waals surface area contributed by atoms with Crippen LogP contribution in [0.1, 0.15) is 27.2 Å². The first-order valence-electron chi connectivity index (χ1n) is 2.87. The summed E-state index contributed by atoms with van der Waals surface area (Å²) in [5.41, 5.74) is 1.38. The zero-order valence-corrected chi connectivity index (χ0v) is 5.41. The largest absolute Gasteiger partial charge is 0.250 e. The first-order chi connectivity index (χ1) is 3.31. The molecule has 1 heteroatoms. The van der Waals surface area contributed by atoms with Gasteiger partial charge < -0.3 is 0 Å². The van der Waals surface area contributed by atoms with Gasteiger partial charge in [-0.25, -0.2) is 4.99 Å². The SMILES string of the molecule is CC[NH+]=C(C)CC. The third-order valence-electron chi connectivity index (χ3n) is 1.01. The fourth-order valence-electron chi connectivity index (χ4n) is 0.427. The minimum absolute atomic E-state index is 1.06. The Bertz CT molecular complexity index is 64.6. The summed E-state index contributed by atoms with van der Waals surface area (Å²) in [6.07, 6.45) is 1.15. The van der Waals surface area contributed by atoms with Gasteiger partial charge in [0.1, 0.15) is 12.3 Å². The second kappa shape index (κ2) is 3.85. The molecule has 42 valence electrons. The lowest BCUT2D eigenvalue weighted by Gasteiger charge is -1.80. The first kappa shape index (κ1) is 6.67. The van der Waals surface area contributed by atoms with Crippen LogP contribution in [-0.4, -0.2) is 12.3 Å². The van der Waals surface area contributed by atoms with Crippen LogP contribution >= 0.6 is 0 Å². The highest BCUT2D eigenvalue weighted by Gasteiger charge is 1.86. The molecular weight excluding hydrogens is 86.1 g/mol. The molecule has 0 rings (SSSR count). The molecule has 0 unspecified atom stereocenters. The van der Waals surface area contributed by atoms with Crippen molar-refractivity contribution >= 4 is 5.71 Å². The van der Waals surface area contributed by atoms with E-state index in [0.717, 1.165) is 13.0 Å². The summed E-state index contributed by atoms with van der Waals surface area (Å²) in [4.78, 5) is 3.21. The van der Waals surface area contributed by atoms with Crippen LogP contribution < -0.4 is 4.99 Å². The normalized spacial score (nSPS) is 12.1. The highest BCUT2D eigenvalue weighted by Crippen LogP contribution is 1.68. The van der Waals surface area contributed by atoms with Crippen molar-refractivity contribution in [3.05, 3.63) is 0 Å². The lowest BCUT2D eigenvalue weighted by Crippen LogP contribution is -2.71. The molecule has 0 saturated carbocycles. The predicted molar refractivity (Wildman–Crippen MR) is 32.5 cm³/mol. The summed E-state index contributed by atoms with van der Waals surface area (Å²) in [5.74, 6) is 0. The third kappa shape index (κ3) is 3.50. The Morgan fingerprint density at radius 3 is 2.14 bits per heavy atom. The van der Waals surface area contributed by atoms with E-state index in [-0.39, 0.29) is 0 Å². The van der Waals surface area contributed by atoms with Crippen LogP contribution in [0, 0.1) is 0 Å². The van der Waals surface area contributed by atoms with E-state index in [2.05, 4.69) is 25.8 Å². The maximum Gasteiger partial charge on any atom is 0.147 e. The quantitative estimate of drug-likeness (QED) is 0.468. The summed E-state index contributed by atoms with van der Waals surface area (Å²) >= 11 is 0. The van der Waals surface area contributed by atoms with Crippen molar-refractivity contribution in [2.45, 2.75) is 27.2 Å². The van der Waals surface area contributed by atoms with Crippen LogP contribution in [0.25, 0.3) is 0 Å². The lowest BCUT2D eigenvalue weighted by atomic mass is 10.3. The molecule has 0 saturated heterocycles. The third-order valence-corrected chi connectivity index (χ3v) is 1.01. The van der Waals surface area contributed by atoms with Gasteiger partial charge in [-0.3, -0.25) is 0 Å². The summed E-state index contributed by atoms with van der Waals surface area (Å²) < 4.78 is 0. The molecular formula is C6H14N+. The van der Waals surface area contributed by atoms with Gasteiger partial charge in [0.25, 0.3) is 0 Å². The van der Waals surface area contributed by atoms with Gasteiger partial charge in [0.2, 0.25) is 0 Å². The Labute approximate surface area is 45.5 Å². The molecule has 0 aliphatic carbocycles. The minimum atomic E-state index is 1.06. The molecule has 0 radical (unpaired) electrons. The van der Waals surface area contributed by atoms with Crippen molar-refractivity contribution < 1.29 is 4.99 Å². The van der Waals surface area contributed by atoms with Crippen molar-refractivity contribution in [1.29, 1.82) is 0 Å². The van der Waals surface area contributed by atoms with Crippen molar-refractivity contribution in [3.63, 3.8) is 0 Å². The summed E-state index contributed by atoms with van der Waals surface area (Å²) in [5, 5.41) is 0. The van der Waals surface area contributed by atoms with Crippen molar-refractivity contribution in [2.24, 2.45) is 0 Å². The van der Waals surface area contributed by atoms with Gasteiger partial charge in [-0.05, 0) is 6.92 Å². The number of nitrogens with one attached hydrogen (secondary N) is 1. The van der Waals surface area contributed by atoms with E-state index in [0.29, 0.717) is 0 Å².